The summed E-state index contributed by atoms with van der Waals surface area (Å²) in [7, 11) is 0. The van der Waals surface area contributed by atoms with Gasteiger partial charge in [-0.1, -0.05) is 13.8 Å². The van der Waals surface area contributed by atoms with Crippen LogP contribution in [0, 0.1) is 0 Å². The summed E-state index contributed by atoms with van der Waals surface area (Å²) in [5.74, 6) is 0.272. The van der Waals surface area contributed by atoms with Gasteiger partial charge in [-0.15, -0.1) is 0 Å². The highest BCUT2D eigenvalue weighted by Gasteiger charge is 2.25. The number of nitrogens with zero attached hydrogens (tertiary/aromatic N) is 1. The molecule has 0 aliphatic heterocycles. The van der Waals surface area contributed by atoms with E-state index in [4.69, 9.17) is 5.73 Å². The van der Waals surface area contributed by atoms with Crippen molar-refractivity contribution in [3.63, 3.8) is 0 Å². The molecule has 5 heteroatoms. The fourth-order valence-corrected chi connectivity index (χ4v) is 2.59. The number of hydrogen-bond donors (Lipinski definition) is 2. The monoisotopic (exact) mass is 267 g/mol. The first-order valence-electron chi connectivity index (χ1n) is 6.11. The Hall–Kier alpha value is -1.23. The first kappa shape index (κ1) is 14.8. The van der Waals surface area contributed by atoms with Crippen molar-refractivity contribution in [3.05, 3.63) is 23.9 Å². The number of nitrogen functional groups attached to an aromatic ring is 1. The van der Waals surface area contributed by atoms with Crippen molar-refractivity contribution in [1.82, 2.24) is 10.3 Å². The van der Waals surface area contributed by atoms with E-state index >= 15 is 0 Å². The van der Waals surface area contributed by atoms with Gasteiger partial charge in [-0.2, -0.15) is 11.8 Å². The molecule has 1 amide bonds. The molecule has 4 nitrogen and oxygen atoms in total. The lowest BCUT2D eigenvalue weighted by Gasteiger charge is -2.29. The zero-order valence-corrected chi connectivity index (χ0v) is 12.0. The van der Waals surface area contributed by atoms with E-state index < -0.39 is 0 Å². The number of nitrogens with two attached hydrogens (primary N) is 1. The van der Waals surface area contributed by atoms with Gasteiger partial charge in [-0.25, -0.2) is 4.98 Å². The highest BCUT2D eigenvalue weighted by molar-refractivity contribution is 8.00. The molecule has 0 atom stereocenters. The minimum absolute atomic E-state index is 0.0931. The van der Waals surface area contributed by atoms with Crippen molar-refractivity contribution in [2.24, 2.45) is 0 Å². The average Bonchev–Trinajstić information content (AvgIpc) is 2.40. The van der Waals surface area contributed by atoms with Crippen LogP contribution in [0.25, 0.3) is 0 Å². The number of hydrogen-bond acceptors (Lipinski definition) is 4. The Labute approximate surface area is 113 Å². The van der Waals surface area contributed by atoms with E-state index in [2.05, 4.69) is 30.4 Å². The molecule has 0 saturated carbocycles. The van der Waals surface area contributed by atoms with Gasteiger partial charge in [-0.3, -0.25) is 4.79 Å². The Morgan fingerprint density at radius 1 is 1.50 bits per heavy atom. The number of anilines is 1. The predicted molar refractivity (Wildman–Crippen MR) is 77.8 cm³/mol. The third-order valence-electron chi connectivity index (χ3n) is 3.34. The minimum Gasteiger partial charge on any atom is -0.384 e. The Morgan fingerprint density at radius 2 is 2.17 bits per heavy atom. The molecular weight excluding hydrogens is 246 g/mol. The van der Waals surface area contributed by atoms with Crippen molar-refractivity contribution < 1.29 is 4.79 Å². The van der Waals surface area contributed by atoms with Gasteiger partial charge in [0.15, 0.2) is 0 Å². The largest absolute Gasteiger partial charge is 0.384 e. The quantitative estimate of drug-likeness (QED) is 0.830. The zero-order valence-electron chi connectivity index (χ0n) is 11.2. The fraction of sp³-hybridized carbons (Fsp3) is 0.538. The lowest BCUT2D eigenvalue weighted by molar-refractivity contribution is 0.0949. The van der Waals surface area contributed by atoms with Crippen molar-refractivity contribution in [3.8, 4) is 0 Å². The molecule has 0 aromatic carbocycles. The van der Waals surface area contributed by atoms with Crippen LogP contribution in [0.4, 0.5) is 5.82 Å². The van der Waals surface area contributed by atoms with Crippen molar-refractivity contribution in [2.75, 3.05) is 18.5 Å². The molecule has 0 spiro atoms. The van der Waals surface area contributed by atoms with Crippen molar-refractivity contribution in [1.29, 1.82) is 0 Å². The van der Waals surface area contributed by atoms with Crippen LogP contribution in [0.15, 0.2) is 18.3 Å². The molecule has 3 N–H and O–H groups in total. The van der Waals surface area contributed by atoms with Crippen LogP contribution in [-0.4, -0.2) is 28.4 Å². The average molecular weight is 267 g/mol. The van der Waals surface area contributed by atoms with E-state index in [1.54, 1.807) is 30.1 Å². The molecule has 0 saturated heterocycles. The van der Waals surface area contributed by atoms with Crippen LogP contribution >= 0.6 is 11.8 Å². The Morgan fingerprint density at radius 3 is 2.67 bits per heavy atom. The van der Waals surface area contributed by atoms with E-state index in [-0.39, 0.29) is 10.7 Å². The number of rotatable bonds is 6. The number of carbonyl (C=O) groups is 1. The zero-order chi connectivity index (χ0) is 13.6. The Bertz CT molecular complexity index is 397. The summed E-state index contributed by atoms with van der Waals surface area (Å²) in [5.41, 5.74) is 6.12. The molecule has 0 fully saturated rings. The molecular formula is C13H21N3OS. The minimum atomic E-state index is -0.0931. The summed E-state index contributed by atoms with van der Waals surface area (Å²) in [6.07, 6.45) is 5.70. The van der Waals surface area contributed by atoms with Gasteiger partial charge in [0, 0.05) is 23.1 Å². The van der Waals surface area contributed by atoms with E-state index in [9.17, 15) is 4.79 Å². The molecule has 0 unspecified atom stereocenters. The molecule has 1 heterocycles. The summed E-state index contributed by atoms with van der Waals surface area (Å²) in [6, 6.07) is 3.26. The topological polar surface area (TPSA) is 68.0 Å². The highest BCUT2D eigenvalue weighted by Crippen LogP contribution is 2.29. The number of amides is 1. The van der Waals surface area contributed by atoms with Crippen molar-refractivity contribution >= 4 is 23.5 Å². The lowest BCUT2D eigenvalue weighted by Crippen LogP contribution is -2.39. The number of nitrogens with one attached hydrogen (secondary N) is 1. The molecule has 1 rings (SSSR count). The van der Waals surface area contributed by atoms with Crippen LogP contribution in [0.1, 0.15) is 37.0 Å². The van der Waals surface area contributed by atoms with Crippen LogP contribution < -0.4 is 11.1 Å². The maximum Gasteiger partial charge on any atom is 0.251 e. The number of aromatic nitrogens is 1. The van der Waals surface area contributed by atoms with Crippen LogP contribution in [0.3, 0.4) is 0 Å². The second-order valence-electron chi connectivity index (χ2n) is 4.25. The number of pyridine rings is 1. The first-order chi connectivity index (χ1) is 8.56. The highest BCUT2D eigenvalue weighted by atomic mass is 32.2. The van der Waals surface area contributed by atoms with Gasteiger partial charge in [-0.05, 0) is 31.2 Å². The van der Waals surface area contributed by atoms with Gasteiger partial charge < -0.3 is 11.1 Å². The third-order valence-corrected chi connectivity index (χ3v) is 4.92. The maximum atomic E-state index is 12.0. The summed E-state index contributed by atoms with van der Waals surface area (Å²) in [4.78, 5) is 15.9. The summed E-state index contributed by atoms with van der Waals surface area (Å²) < 4.78 is 0.119. The summed E-state index contributed by atoms with van der Waals surface area (Å²) in [5, 5.41) is 2.98. The summed E-state index contributed by atoms with van der Waals surface area (Å²) >= 11 is 1.81. The van der Waals surface area contributed by atoms with Crippen LogP contribution in [-0.2, 0) is 0 Å². The van der Waals surface area contributed by atoms with E-state index in [1.165, 1.54) is 0 Å². The number of carbonyl (C=O) groups excluding carboxylic acids is 1. The van der Waals surface area contributed by atoms with E-state index in [0.29, 0.717) is 17.9 Å². The molecule has 1 aromatic rings. The second-order valence-corrected chi connectivity index (χ2v) is 5.52. The van der Waals surface area contributed by atoms with Crippen molar-refractivity contribution in [2.45, 2.75) is 31.4 Å². The molecule has 1 aromatic heterocycles. The Balaban J connectivity index is 2.66. The SMILES string of the molecule is CCC(CC)(CNC(=O)c1ccnc(N)c1)SC. The van der Waals surface area contributed by atoms with E-state index in [1.807, 2.05) is 0 Å². The molecule has 0 radical (unpaired) electrons. The standard InChI is InChI=1S/C13H21N3OS/c1-4-13(5-2,18-3)9-16-12(17)10-6-7-15-11(14)8-10/h6-8H,4-5,9H2,1-3H3,(H2,14,15)(H,16,17). The van der Waals surface area contributed by atoms with E-state index in [0.717, 1.165) is 12.8 Å². The van der Waals surface area contributed by atoms with Gasteiger partial charge in [0.05, 0.1) is 0 Å². The predicted octanol–water partition coefficient (Wildman–Crippen LogP) is 2.32. The van der Waals surface area contributed by atoms with Gasteiger partial charge in [0.2, 0.25) is 0 Å². The maximum absolute atomic E-state index is 12.0. The van der Waals surface area contributed by atoms with Crippen LogP contribution in [0.5, 0.6) is 0 Å². The third kappa shape index (κ3) is 3.63. The fourth-order valence-electron chi connectivity index (χ4n) is 1.79. The van der Waals surface area contributed by atoms with Gasteiger partial charge >= 0.3 is 0 Å². The smallest absolute Gasteiger partial charge is 0.251 e. The van der Waals surface area contributed by atoms with Gasteiger partial charge in [0.25, 0.3) is 5.91 Å². The normalized spacial score (nSPS) is 11.3. The van der Waals surface area contributed by atoms with Gasteiger partial charge in [0.1, 0.15) is 5.82 Å². The second kappa shape index (κ2) is 6.64. The van der Waals surface area contributed by atoms with Crippen LogP contribution in [0.2, 0.25) is 0 Å². The first-order valence-corrected chi connectivity index (χ1v) is 7.34. The Kier molecular flexibility index (Phi) is 5.47. The summed E-state index contributed by atoms with van der Waals surface area (Å²) in [6.45, 7) is 4.97. The molecule has 100 valence electrons. The molecule has 18 heavy (non-hydrogen) atoms. The number of thioether (sulfide) groups is 1. The molecule has 0 aliphatic carbocycles. The molecule has 0 aliphatic rings. The lowest BCUT2D eigenvalue weighted by atomic mass is 10.0. The molecule has 0 bridgehead atoms.